The van der Waals surface area contributed by atoms with Gasteiger partial charge in [0, 0.05) is 11.6 Å². The average Bonchev–Trinajstić information content (AvgIpc) is 2.77. The van der Waals surface area contributed by atoms with E-state index in [4.69, 9.17) is 5.84 Å². The molecule has 1 atom stereocenters. The van der Waals surface area contributed by atoms with Crippen molar-refractivity contribution in [2.45, 2.75) is 32.9 Å². The second kappa shape index (κ2) is 6.03. The Morgan fingerprint density at radius 2 is 2.10 bits per heavy atom. The van der Waals surface area contributed by atoms with Crippen LogP contribution in [-0.2, 0) is 0 Å². The van der Waals surface area contributed by atoms with Gasteiger partial charge in [0.2, 0.25) is 0 Å². The molecule has 0 aliphatic rings. The topological polar surface area (TPSA) is 55.9 Å². The van der Waals surface area contributed by atoms with Crippen molar-refractivity contribution in [2.75, 3.05) is 0 Å². The molecule has 0 bridgehead atoms. The molecule has 4 nitrogen and oxygen atoms in total. The fourth-order valence-corrected chi connectivity index (χ4v) is 2.73. The number of hydrogen-bond donors (Lipinski definition) is 2. The van der Waals surface area contributed by atoms with Crippen LogP contribution in [0.4, 0.5) is 4.39 Å². The van der Waals surface area contributed by atoms with Crippen molar-refractivity contribution in [3.05, 3.63) is 51.5 Å². The molecule has 0 spiro atoms. The molecular weight excluding hydrogens is 323 g/mol. The van der Waals surface area contributed by atoms with E-state index in [1.165, 1.54) is 6.07 Å². The fraction of sp³-hybridized carbons (Fsp3) is 0.357. The minimum absolute atomic E-state index is 0.153. The standard InChI is InChI=1S/C14H18BrFN4/c1-8(2)20-14(11(15)7-18-20)13(19-17)10-6-9(3)4-5-12(10)16/h4-8,13,19H,17H2,1-3H3. The maximum atomic E-state index is 14.1. The molecule has 6 heteroatoms. The maximum Gasteiger partial charge on any atom is 0.128 e. The van der Waals surface area contributed by atoms with Gasteiger partial charge in [-0.1, -0.05) is 17.7 Å². The van der Waals surface area contributed by atoms with Gasteiger partial charge in [0.15, 0.2) is 0 Å². The van der Waals surface area contributed by atoms with Gasteiger partial charge < -0.3 is 0 Å². The van der Waals surface area contributed by atoms with Gasteiger partial charge in [0.05, 0.1) is 22.4 Å². The molecule has 1 unspecified atom stereocenters. The molecule has 1 aromatic carbocycles. The van der Waals surface area contributed by atoms with Crippen LogP contribution in [0.5, 0.6) is 0 Å². The van der Waals surface area contributed by atoms with E-state index in [2.05, 4.69) is 26.5 Å². The van der Waals surface area contributed by atoms with E-state index in [1.54, 1.807) is 18.3 Å². The highest BCUT2D eigenvalue weighted by Gasteiger charge is 2.24. The van der Waals surface area contributed by atoms with Gasteiger partial charge >= 0.3 is 0 Å². The lowest BCUT2D eigenvalue weighted by Gasteiger charge is -2.21. The van der Waals surface area contributed by atoms with Crippen LogP contribution in [0.15, 0.2) is 28.9 Å². The lowest BCUT2D eigenvalue weighted by molar-refractivity contribution is 0.466. The van der Waals surface area contributed by atoms with Crippen molar-refractivity contribution >= 4 is 15.9 Å². The van der Waals surface area contributed by atoms with Crippen LogP contribution in [0.2, 0.25) is 0 Å². The molecule has 0 aliphatic carbocycles. The van der Waals surface area contributed by atoms with Crippen molar-refractivity contribution in [1.82, 2.24) is 15.2 Å². The van der Waals surface area contributed by atoms with Crippen LogP contribution < -0.4 is 11.3 Å². The van der Waals surface area contributed by atoms with Gasteiger partial charge in [0.1, 0.15) is 5.82 Å². The Hall–Kier alpha value is -1.24. The zero-order chi connectivity index (χ0) is 14.9. The zero-order valence-electron chi connectivity index (χ0n) is 11.7. The van der Waals surface area contributed by atoms with E-state index >= 15 is 0 Å². The summed E-state index contributed by atoms with van der Waals surface area (Å²) in [6.45, 7) is 5.96. The van der Waals surface area contributed by atoms with E-state index in [9.17, 15) is 4.39 Å². The third kappa shape index (κ3) is 2.77. The van der Waals surface area contributed by atoms with Gasteiger partial charge in [-0.2, -0.15) is 5.10 Å². The summed E-state index contributed by atoms with van der Waals surface area (Å²) < 4.78 is 16.8. The molecule has 3 N–H and O–H groups in total. The summed E-state index contributed by atoms with van der Waals surface area (Å²) in [6, 6.07) is 4.68. The van der Waals surface area contributed by atoms with Gasteiger partial charge in [-0.25, -0.2) is 9.82 Å². The number of nitrogens with zero attached hydrogens (tertiary/aromatic N) is 2. The SMILES string of the molecule is Cc1ccc(F)c(C(NN)c2c(Br)cnn2C(C)C)c1. The first-order valence-corrected chi connectivity index (χ1v) is 7.20. The molecule has 0 aliphatic heterocycles. The average molecular weight is 341 g/mol. The van der Waals surface area contributed by atoms with Crippen molar-refractivity contribution in [1.29, 1.82) is 0 Å². The van der Waals surface area contributed by atoms with Crippen LogP contribution in [-0.4, -0.2) is 9.78 Å². The second-order valence-electron chi connectivity index (χ2n) is 5.04. The number of aromatic nitrogens is 2. The van der Waals surface area contributed by atoms with Crippen molar-refractivity contribution in [2.24, 2.45) is 5.84 Å². The summed E-state index contributed by atoms with van der Waals surface area (Å²) >= 11 is 3.47. The van der Waals surface area contributed by atoms with Crippen LogP contribution >= 0.6 is 15.9 Å². The molecule has 0 radical (unpaired) electrons. The molecule has 20 heavy (non-hydrogen) atoms. The lowest BCUT2D eigenvalue weighted by atomic mass is 10.0. The summed E-state index contributed by atoms with van der Waals surface area (Å²) in [5.41, 5.74) is 5.00. The highest BCUT2D eigenvalue weighted by molar-refractivity contribution is 9.10. The number of hydrazine groups is 1. The minimum atomic E-state index is -0.464. The Bertz CT molecular complexity index is 609. The van der Waals surface area contributed by atoms with E-state index in [1.807, 2.05) is 25.5 Å². The molecule has 0 saturated heterocycles. The first-order chi connectivity index (χ1) is 9.45. The van der Waals surface area contributed by atoms with E-state index in [-0.39, 0.29) is 11.9 Å². The fourth-order valence-electron chi connectivity index (χ4n) is 2.23. The second-order valence-corrected chi connectivity index (χ2v) is 5.90. The summed E-state index contributed by atoms with van der Waals surface area (Å²) in [4.78, 5) is 0. The minimum Gasteiger partial charge on any atom is -0.271 e. The highest BCUT2D eigenvalue weighted by Crippen LogP contribution is 2.31. The Morgan fingerprint density at radius 3 is 2.70 bits per heavy atom. The Balaban J connectivity index is 2.58. The lowest BCUT2D eigenvalue weighted by Crippen LogP contribution is -2.32. The Kier molecular flexibility index (Phi) is 4.57. The number of nitrogens with two attached hydrogens (primary N) is 1. The molecule has 2 aromatic rings. The molecule has 0 amide bonds. The molecule has 1 heterocycles. The van der Waals surface area contributed by atoms with E-state index in [0.717, 1.165) is 15.7 Å². The summed E-state index contributed by atoms with van der Waals surface area (Å²) in [6.07, 6.45) is 1.70. The first-order valence-electron chi connectivity index (χ1n) is 6.40. The van der Waals surface area contributed by atoms with E-state index < -0.39 is 6.04 Å². The normalized spacial score (nSPS) is 12.9. The monoisotopic (exact) mass is 340 g/mol. The smallest absolute Gasteiger partial charge is 0.128 e. The molecule has 1 aromatic heterocycles. The number of halogens is 2. The highest BCUT2D eigenvalue weighted by atomic mass is 79.9. The predicted molar refractivity (Wildman–Crippen MR) is 80.6 cm³/mol. The van der Waals surface area contributed by atoms with Crippen LogP contribution in [0.25, 0.3) is 0 Å². The van der Waals surface area contributed by atoms with Gasteiger partial charge in [0.25, 0.3) is 0 Å². The van der Waals surface area contributed by atoms with E-state index in [0.29, 0.717) is 5.56 Å². The van der Waals surface area contributed by atoms with Gasteiger partial charge in [-0.15, -0.1) is 0 Å². The molecule has 0 saturated carbocycles. The zero-order valence-corrected chi connectivity index (χ0v) is 13.3. The van der Waals surface area contributed by atoms with Crippen molar-refractivity contribution < 1.29 is 4.39 Å². The predicted octanol–water partition coefficient (Wildman–Crippen LogP) is 3.23. The Morgan fingerprint density at radius 1 is 1.40 bits per heavy atom. The molecule has 0 fully saturated rings. The molecule has 2 rings (SSSR count). The number of nitrogens with one attached hydrogen (secondary N) is 1. The maximum absolute atomic E-state index is 14.1. The van der Waals surface area contributed by atoms with Crippen molar-refractivity contribution in [3.63, 3.8) is 0 Å². The van der Waals surface area contributed by atoms with Crippen LogP contribution in [0.1, 0.15) is 42.8 Å². The number of rotatable bonds is 4. The summed E-state index contributed by atoms with van der Waals surface area (Å²) in [5, 5.41) is 4.31. The molecule has 108 valence electrons. The summed E-state index contributed by atoms with van der Waals surface area (Å²) in [5.74, 6) is 5.38. The largest absolute Gasteiger partial charge is 0.271 e. The van der Waals surface area contributed by atoms with Crippen LogP contribution in [0.3, 0.4) is 0 Å². The quantitative estimate of drug-likeness (QED) is 0.663. The number of aryl methyl sites for hydroxylation is 1. The number of hydrogen-bond acceptors (Lipinski definition) is 3. The summed E-state index contributed by atoms with van der Waals surface area (Å²) in [7, 11) is 0. The molecular formula is C14H18BrFN4. The Labute approximate surface area is 126 Å². The first kappa shape index (κ1) is 15.2. The van der Waals surface area contributed by atoms with Gasteiger partial charge in [-0.3, -0.25) is 10.5 Å². The third-order valence-corrected chi connectivity index (χ3v) is 3.79. The number of benzene rings is 1. The third-order valence-electron chi connectivity index (χ3n) is 3.18. The van der Waals surface area contributed by atoms with Crippen molar-refractivity contribution in [3.8, 4) is 0 Å². The van der Waals surface area contributed by atoms with Crippen LogP contribution in [0, 0.1) is 12.7 Å². The van der Waals surface area contributed by atoms with Gasteiger partial charge in [-0.05, 0) is 42.8 Å².